The summed E-state index contributed by atoms with van der Waals surface area (Å²) in [5.74, 6) is 1.06. The van der Waals surface area contributed by atoms with E-state index in [4.69, 9.17) is 15.2 Å². The monoisotopic (exact) mass is 308 g/mol. The topological polar surface area (TPSA) is 73.6 Å². The van der Waals surface area contributed by atoms with Gasteiger partial charge in [0.25, 0.3) is 5.91 Å². The number of amides is 1. The molecule has 0 bridgehead atoms. The van der Waals surface area contributed by atoms with Gasteiger partial charge in [0.05, 0.1) is 5.56 Å². The molecule has 1 heterocycles. The summed E-state index contributed by atoms with van der Waals surface area (Å²) in [6.45, 7) is 0.179. The van der Waals surface area contributed by atoms with Crippen LogP contribution >= 0.6 is 11.8 Å². The zero-order valence-electron chi connectivity index (χ0n) is 12.1. The second kappa shape index (κ2) is 6.05. The Morgan fingerprint density at radius 1 is 1.24 bits per heavy atom. The third-order valence-corrected chi connectivity index (χ3v) is 5.27. The summed E-state index contributed by atoms with van der Waals surface area (Å²) in [5, 5.41) is 3.82. The minimum atomic E-state index is -0.126. The first kappa shape index (κ1) is 14.4. The lowest BCUT2D eigenvalue weighted by atomic mass is 9.94. The molecule has 0 unspecified atom stereocenters. The molecule has 0 spiro atoms. The fourth-order valence-electron chi connectivity index (χ4n) is 2.86. The van der Waals surface area contributed by atoms with Crippen LogP contribution in [-0.2, 0) is 0 Å². The van der Waals surface area contributed by atoms with E-state index in [2.05, 4.69) is 11.6 Å². The Kier molecular flexibility index (Phi) is 4.14. The molecule has 1 fully saturated rings. The number of nitrogens with two attached hydrogens (primary N) is 1. The molecule has 0 radical (unpaired) electrons. The third-order valence-electron chi connectivity index (χ3n) is 4.13. The van der Waals surface area contributed by atoms with Crippen LogP contribution in [0, 0.1) is 0 Å². The number of fused-ring (bicyclic) bond motifs is 1. The molecule has 3 rings (SSSR count). The Balaban J connectivity index is 1.66. The van der Waals surface area contributed by atoms with Crippen LogP contribution in [0.1, 0.15) is 36.0 Å². The first-order valence-electron chi connectivity index (χ1n) is 7.20. The van der Waals surface area contributed by atoms with E-state index < -0.39 is 0 Å². The maximum atomic E-state index is 12.4. The normalized spacial score (nSPS) is 23.9. The molecule has 0 saturated heterocycles. The van der Waals surface area contributed by atoms with E-state index in [1.165, 1.54) is 0 Å². The zero-order chi connectivity index (χ0) is 14.8. The largest absolute Gasteiger partial charge is 0.454 e. The van der Waals surface area contributed by atoms with Crippen LogP contribution in [0.25, 0.3) is 0 Å². The lowest BCUT2D eigenvalue weighted by Crippen LogP contribution is -2.38. The van der Waals surface area contributed by atoms with Gasteiger partial charge in [0.15, 0.2) is 11.5 Å². The maximum absolute atomic E-state index is 12.4. The van der Waals surface area contributed by atoms with Crippen molar-refractivity contribution in [2.24, 2.45) is 0 Å². The number of ether oxygens (including phenoxy) is 2. The fraction of sp³-hybridized carbons (Fsp3) is 0.533. The Morgan fingerprint density at radius 2 is 1.90 bits per heavy atom. The Labute approximate surface area is 128 Å². The number of benzene rings is 1. The van der Waals surface area contributed by atoms with Gasteiger partial charge in [-0.2, -0.15) is 11.8 Å². The number of nitrogens with one attached hydrogen (secondary N) is 1. The molecule has 2 aliphatic rings. The Morgan fingerprint density at radius 3 is 2.57 bits per heavy atom. The van der Waals surface area contributed by atoms with E-state index in [1.54, 1.807) is 12.1 Å². The minimum absolute atomic E-state index is 0.126. The number of carbonyl (C=O) groups excluding carboxylic acids is 1. The van der Waals surface area contributed by atoms with Crippen molar-refractivity contribution >= 4 is 23.4 Å². The standard InChI is InChI=1S/C15H20N2O3S/c1-21-10-4-2-9(3-5-10)17-15(18)11-6-13-14(7-12(11)16)20-8-19-13/h6-7,9-10H,2-5,8,16H2,1H3,(H,17,18). The highest BCUT2D eigenvalue weighted by atomic mass is 32.2. The molecule has 0 aromatic heterocycles. The Hall–Kier alpha value is -1.56. The predicted molar refractivity (Wildman–Crippen MR) is 84.0 cm³/mol. The van der Waals surface area contributed by atoms with E-state index >= 15 is 0 Å². The summed E-state index contributed by atoms with van der Waals surface area (Å²) < 4.78 is 10.6. The van der Waals surface area contributed by atoms with Gasteiger partial charge in [-0.3, -0.25) is 4.79 Å². The van der Waals surface area contributed by atoms with Gasteiger partial charge in [0, 0.05) is 23.0 Å². The molecule has 114 valence electrons. The molecule has 3 N–H and O–H groups in total. The number of carbonyl (C=O) groups is 1. The van der Waals surface area contributed by atoms with Gasteiger partial charge < -0.3 is 20.5 Å². The highest BCUT2D eigenvalue weighted by Crippen LogP contribution is 2.36. The lowest BCUT2D eigenvalue weighted by molar-refractivity contribution is 0.0928. The molecule has 1 aliphatic heterocycles. The van der Waals surface area contributed by atoms with Crippen molar-refractivity contribution in [2.45, 2.75) is 37.0 Å². The summed E-state index contributed by atoms with van der Waals surface area (Å²) in [7, 11) is 0. The van der Waals surface area contributed by atoms with Crippen LogP contribution in [0.4, 0.5) is 5.69 Å². The van der Waals surface area contributed by atoms with Crippen molar-refractivity contribution in [3.8, 4) is 11.5 Å². The molecule has 6 heteroatoms. The van der Waals surface area contributed by atoms with Gasteiger partial charge in [-0.25, -0.2) is 0 Å². The second-order valence-corrected chi connectivity index (χ2v) is 6.61. The average Bonchev–Trinajstić information content (AvgIpc) is 2.94. The molecule has 0 atom stereocenters. The smallest absolute Gasteiger partial charge is 0.253 e. The average molecular weight is 308 g/mol. The van der Waals surface area contributed by atoms with Gasteiger partial charge >= 0.3 is 0 Å². The lowest BCUT2D eigenvalue weighted by Gasteiger charge is -2.28. The maximum Gasteiger partial charge on any atom is 0.253 e. The van der Waals surface area contributed by atoms with Crippen molar-refractivity contribution < 1.29 is 14.3 Å². The molecule has 1 aromatic carbocycles. The van der Waals surface area contributed by atoms with E-state index in [-0.39, 0.29) is 18.7 Å². The molecule has 1 amide bonds. The SMILES string of the molecule is CSC1CCC(NC(=O)c2cc3c(cc2N)OCO3)CC1. The number of thioether (sulfide) groups is 1. The van der Waals surface area contributed by atoms with Crippen LogP contribution in [0.3, 0.4) is 0 Å². The number of hydrogen-bond acceptors (Lipinski definition) is 5. The highest BCUT2D eigenvalue weighted by Gasteiger charge is 2.24. The first-order valence-corrected chi connectivity index (χ1v) is 8.49. The van der Waals surface area contributed by atoms with Gasteiger partial charge in [0.2, 0.25) is 6.79 Å². The molecule has 5 nitrogen and oxygen atoms in total. The highest BCUT2D eigenvalue weighted by molar-refractivity contribution is 7.99. The van der Waals surface area contributed by atoms with Crippen molar-refractivity contribution in [3.63, 3.8) is 0 Å². The number of rotatable bonds is 3. The van der Waals surface area contributed by atoms with Crippen molar-refractivity contribution in [2.75, 3.05) is 18.8 Å². The number of nitrogen functional groups attached to an aromatic ring is 1. The van der Waals surface area contributed by atoms with Crippen LogP contribution in [0.5, 0.6) is 11.5 Å². The minimum Gasteiger partial charge on any atom is -0.454 e. The summed E-state index contributed by atoms with van der Waals surface area (Å²) in [6, 6.07) is 3.56. The van der Waals surface area contributed by atoms with E-state index in [0.29, 0.717) is 22.7 Å². The van der Waals surface area contributed by atoms with Crippen LogP contribution in [-0.4, -0.2) is 30.2 Å². The van der Waals surface area contributed by atoms with Crippen LogP contribution in [0.15, 0.2) is 12.1 Å². The van der Waals surface area contributed by atoms with Gasteiger partial charge in [-0.05, 0) is 38.0 Å². The zero-order valence-corrected chi connectivity index (χ0v) is 12.9. The van der Waals surface area contributed by atoms with Crippen LogP contribution in [0.2, 0.25) is 0 Å². The quantitative estimate of drug-likeness (QED) is 0.839. The van der Waals surface area contributed by atoms with Crippen molar-refractivity contribution in [3.05, 3.63) is 17.7 Å². The first-order chi connectivity index (χ1) is 10.2. The summed E-state index contributed by atoms with van der Waals surface area (Å²) >= 11 is 1.92. The molecule has 1 aromatic rings. The second-order valence-electron chi connectivity index (χ2n) is 5.48. The van der Waals surface area contributed by atoms with Crippen molar-refractivity contribution in [1.82, 2.24) is 5.32 Å². The fourth-order valence-corrected chi connectivity index (χ4v) is 3.60. The third kappa shape index (κ3) is 3.05. The van der Waals surface area contributed by atoms with E-state index in [9.17, 15) is 4.79 Å². The van der Waals surface area contributed by atoms with Gasteiger partial charge in [-0.15, -0.1) is 0 Å². The summed E-state index contributed by atoms with van der Waals surface area (Å²) in [4.78, 5) is 12.4. The summed E-state index contributed by atoms with van der Waals surface area (Å²) in [6.07, 6.45) is 6.52. The Bertz CT molecular complexity index is 542. The molecule has 1 aliphatic carbocycles. The molecular weight excluding hydrogens is 288 g/mol. The van der Waals surface area contributed by atoms with Crippen molar-refractivity contribution in [1.29, 1.82) is 0 Å². The molecular formula is C15H20N2O3S. The number of anilines is 1. The summed E-state index contributed by atoms with van der Waals surface area (Å²) in [5.41, 5.74) is 6.83. The molecule has 1 saturated carbocycles. The van der Waals surface area contributed by atoms with Crippen LogP contribution < -0.4 is 20.5 Å². The molecule has 21 heavy (non-hydrogen) atoms. The van der Waals surface area contributed by atoms with E-state index in [1.807, 2.05) is 11.8 Å². The predicted octanol–water partition coefficient (Wildman–Crippen LogP) is 2.40. The van der Waals surface area contributed by atoms with Gasteiger partial charge in [-0.1, -0.05) is 0 Å². The number of hydrogen-bond donors (Lipinski definition) is 2. The van der Waals surface area contributed by atoms with Gasteiger partial charge in [0.1, 0.15) is 0 Å². The van der Waals surface area contributed by atoms with E-state index in [0.717, 1.165) is 30.9 Å².